The van der Waals surface area contributed by atoms with E-state index in [9.17, 15) is 9.90 Å². The van der Waals surface area contributed by atoms with Crippen LogP contribution in [-0.2, 0) is 12.8 Å². The molecule has 1 aliphatic heterocycles. The number of nitrogens with one attached hydrogen (secondary N) is 2. The molecule has 3 rings (SSSR count). The van der Waals surface area contributed by atoms with Crippen molar-refractivity contribution in [3.05, 3.63) is 65.2 Å². The molecule has 0 aliphatic carbocycles. The molecule has 2 aromatic carbocycles. The van der Waals surface area contributed by atoms with E-state index in [1.54, 1.807) is 7.11 Å². The Balaban J connectivity index is 1.64. The van der Waals surface area contributed by atoms with Gasteiger partial charge in [-0.15, -0.1) is 0 Å². The Labute approximate surface area is 154 Å². The van der Waals surface area contributed by atoms with Crippen LogP contribution in [0.5, 0.6) is 5.75 Å². The molecule has 1 amide bonds. The largest absolute Gasteiger partial charge is 0.497 e. The third-order valence-corrected chi connectivity index (χ3v) is 4.88. The van der Waals surface area contributed by atoms with Gasteiger partial charge in [0.05, 0.1) is 12.7 Å². The minimum Gasteiger partial charge on any atom is -0.497 e. The Hall–Kier alpha value is -2.37. The van der Waals surface area contributed by atoms with E-state index in [-0.39, 0.29) is 12.5 Å². The number of β-amino-alcohol motifs (C(OH)–C–C–N with tert-alkyl or cyclic N) is 1. The zero-order chi connectivity index (χ0) is 18.4. The first-order chi connectivity index (χ1) is 12.6. The predicted molar refractivity (Wildman–Crippen MR) is 102 cm³/mol. The fourth-order valence-corrected chi connectivity index (χ4v) is 3.29. The molecular formula is C21H26N2O3. The Morgan fingerprint density at radius 2 is 2.08 bits per heavy atom. The maximum Gasteiger partial charge on any atom is 0.251 e. The predicted octanol–water partition coefficient (Wildman–Crippen LogP) is 1.93. The second kappa shape index (κ2) is 8.34. The monoisotopic (exact) mass is 354 g/mol. The molecule has 5 heteroatoms. The van der Waals surface area contributed by atoms with E-state index < -0.39 is 5.60 Å². The molecule has 1 saturated heterocycles. The van der Waals surface area contributed by atoms with Gasteiger partial charge < -0.3 is 20.5 Å². The van der Waals surface area contributed by atoms with Gasteiger partial charge in [0.2, 0.25) is 0 Å². The third-order valence-electron chi connectivity index (χ3n) is 4.88. The molecule has 3 N–H and O–H groups in total. The van der Waals surface area contributed by atoms with Crippen LogP contribution in [0.15, 0.2) is 48.5 Å². The van der Waals surface area contributed by atoms with E-state index in [2.05, 4.69) is 16.7 Å². The van der Waals surface area contributed by atoms with Gasteiger partial charge in [0.25, 0.3) is 5.91 Å². The highest BCUT2D eigenvalue weighted by atomic mass is 16.5. The number of benzene rings is 2. The van der Waals surface area contributed by atoms with E-state index >= 15 is 0 Å². The van der Waals surface area contributed by atoms with Crippen molar-refractivity contribution >= 4 is 5.91 Å². The molecule has 0 bridgehead atoms. The number of methoxy groups -OCH3 is 1. The Morgan fingerprint density at radius 3 is 2.85 bits per heavy atom. The molecule has 1 aliphatic rings. The second-order valence-corrected chi connectivity index (χ2v) is 6.84. The maximum atomic E-state index is 12.6. The molecular weight excluding hydrogens is 328 g/mol. The van der Waals surface area contributed by atoms with Crippen LogP contribution in [0, 0.1) is 0 Å². The lowest BCUT2D eigenvalue weighted by Gasteiger charge is -2.22. The first-order valence-electron chi connectivity index (χ1n) is 9.02. The highest BCUT2D eigenvalue weighted by Gasteiger charge is 2.31. The number of hydrogen-bond acceptors (Lipinski definition) is 4. The van der Waals surface area contributed by atoms with E-state index in [0.717, 1.165) is 30.7 Å². The summed E-state index contributed by atoms with van der Waals surface area (Å²) in [5, 5.41) is 16.4. The van der Waals surface area contributed by atoms with Gasteiger partial charge in [0.1, 0.15) is 5.75 Å². The van der Waals surface area contributed by atoms with Crippen LogP contribution in [-0.4, -0.2) is 43.4 Å². The Bertz CT molecular complexity index is 754. The van der Waals surface area contributed by atoms with Gasteiger partial charge >= 0.3 is 0 Å². The summed E-state index contributed by atoms with van der Waals surface area (Å²) in [6.45, 7) is 1.57. The quantitative estimate of drug-likeness (QED) is 0.711. The van der Waals surface area contributed by atoms with Crippen molar-refractivity contribution in [2.24, 2.45) is 0 Å². The molecule has 5 nitrogen and oxygen atoms in total. The van der Waals surface area contributed by atoms with Crippen LogP contribution in [0.4, 0.5) is 0 Å². The zero-order valence-electron chi connectivity index (χ0n) is 15.1. The molecule has 2 aromatic rings. The molecule has 0 spiro atoms. The van der Waals surface area contributed by atoms with Gasteiger partial charge in [0.15, 0.2) is 0 Å². The fourth-order valence-electron chi connectivity index (χ4n) is 3.29. The van der Waals surface area contributed by atoms with Crippen LogP contribution in [0.3, 0.4) is 0 Å². The number of carbonyl (C=O) groups excluding carboxylic acids is 1. The van der Waals surface area contributed by atoms with Crippen molar-refractivity contribution in [2.75, 3.05) is 26.7 Å². The van der Waals surface area contributed by atoms with Crippen LogP contribution < -0.4 is 15.4 Å². The van der Waals surface area contributed by atoms with Crippen molar-refractivity contribution in [1.82, 2.24) is 10.6 Å². The Morgan fingerprint density at radius 1 is 1.23 bits per heavy atom. The van der Waals surface area contributed by atoms with Crippen LogP contribution in [0.1, 0.15) is 27.9 Å². The molecule has 0 aromatic heterocycles. The number of amides is 1. The average Bonchev–Trinajstić information content (AvgIpc) is 3.12. The first kappa shape index (κ1) is 18.4. The van der Waals surface area contributed by atoms with Gasteiger partial charge in [0, 0.05) is 18.7 Å². The third kappa shape index (κ3) is 4.62. The number of rotatable bonds is 7. The number of aliphatic hydroxyl groups is 1. The van der Waals surface area contributed by atoms with Crippen molar-refractivity contribution in [2.45, 2.75) is 24.9 Å². The number of carbonyl (C=O) groups is 1. The minimum absolute atomic E-state index is 0.133. The highest BCUT2D eigenvalue weighted by molar-refractivity contribution is 5.95. The number of aryl methyl sites for hydroxylation is 2. The minimum atomic E-state index is -0.842. The van der Waals surface area contributed by atoms with E-state index in [1.165, 1.54) is 5.56 Å². The summed E-state index contributed by atoms with van der Waals surface area (Å²) < 4.78 is 5.27. The van der Waals surface area contributed by atoms with Gasteiger partial charge in [-0.05, 0) is 55.1 Å². The summed E-state index contributed by atoms with van der Waals surface area (Å²) in [6.07, 6.45) is 2.25. The maximum absolute atomic E-state index is 12.6. The standard InChI is InChI=1S/C21H26N2O3/c1-26-18-7-4-5-16(13-18)9-10-17-6-2-3-8-19(17)20(24)23-15-21(25)11-12-22-14-21/h2-8,13,22,25H,9-12,14-15H2,1H3,(H,23,24)/t21-/m0/s1. The van der Waals surface area contributed by atoms with Crippen molar-refractivity contribution in [3.63, 3.8) is 0 Å². The van der Waals surface area contributed by atoms with E-state index in [0.29, 0.717) is 18.5 Å². The lowest BCUT2D eigenvalue weighted by atomic mass is 9.98. The Kier molecular flexibility index (Phi) is 5.91. The molecule has 0 radical (unpaired) electrons. The molecule has 0 unspecified atom stereocenters. The van der Waals surface area contributed by atoms with Gasteiger partial charge in [-0.25, -0.2) is 0 Å². The van der Waals surface area contributed by atoms with Crippen LogP contribution >= 0.6 is 0 Å². The zero-order valence-corrected chi connectivity index (χ0v) is 15.1. The van der Waals surface area contributed by atoms with Crippen LogP contribution in [0.25, 0.3) is 0 Å². The van der Waals surface area contributed by atoms with Gasteiger partial charge in [-0.3, -0.25) is 4.79 Å². The summed E-state index contributed by atoms with van der Waals surface area (Å²) >= 11 is 0. The smallest absolute Gasteiger partial charge is 0.251 e. The van der Waals surface area contributed by atoms with Crippen LogP contribution in [0.2, 0.25) is 0 Å². The molecule has 1 fully saturated rings. The summed E-state index contributed by atoms with van der Waals surface area (Å²) in [7, 11) is 1.66. The van der Waals surface area contributed by atoms with Gasteiger partial charge in [-0.2, -0.15) is 0 Å². The topological polar surface area (TPSA) is 70.6 Å². The lowest BCUT2D eigenvalue weighted by molar-refractivity contribution is 0.0561. The molecule has 26 heavy (non-hydrogen) atoms. The van der Waals surface area contributed by atoms with E-state index in [4.69, 9.17) is 4.74 Å². The van der Waals surface area contributed by atoms with Crippen molar-refractivity contribution in [1.29, 1.82) is 0 Å². The molecule has 1 heterocycles. The number of ether oxygens (including phenoxy) is 1. The lowest BCUT2D eigenvalue weighted by Crippen LogP contribution is -2.44. The van der Waals surface area contributed by atoms with Gasteiger partial charge in [-0.1, -0.05) is 30.3 Å². The first-order valence-corrected chi connectivity index (χ1v) is 9.02. The number of hydrogen-bond donors (Lipinski definition) is 3. The fraction of sp³-hybridized carbons (Fsp3) is 0.381. The average molecular weight is 354 g/mol. The summed E-state index contributed by atoms with van der Waals surface area (Å²) in [5.41, 5.74) is 2.01. The van der Waals surface area contributed by atoms with E-state index in [1.807, 2.05) is 42.5 Å². The molecule has 0 saturated carbocycles. The summed E-state index contributed by atoms with van der Waals surface area (Å²) in [5.74, 6) is 0.707. The van der Waals surface area contributed by atoms with Crippen molar-refractivity contribution < 1.29 is 14.6 Å². The summed E-state index contributed by atoms with van der Waals surface area (Å²) in [6, 6.07) is 15.6. The molecule has 138 valence electrons. The normalized spacial score (nSPS) is 19.3. The summed E-state index contributed by atoms with van der Waals surface area (Å²) in [4.78, 5) is 12.6. The highest BCUT2D eigenvalue weighted by Crippen LogP contribution is 2.17. The molecule has 1 atom stereocenters. The van der Waals surface area contributed by atoms with Crippen molar-refractivity contribution in [3.8, 4) is 5.75 Å². The second-order valence-electron chi connectivity index (χ2n) is 6.84. The SMILES string of the molecule is COc1cccc(CCc2ccccc2C(=O)NC[C@]2(O)CCNC2)c1.